The monoisotopic (exact) mass is 206 g/mol. The highest BCUT2D eigenvalue weighted by molar-refractivity contribution is 5.38. The first kappa shape index (κ1) is 10.9. The number of aliphatic hydroxyl groups excluding tert-OH is 1. The van der Waals surface area contributed by atoms with E-state index < -0.39 is 0 Å². The molecule has 0 spiro atoms. The second-order valence-electron chi connectivity index (χ2n) is 4.88. The minimum absolute atomic E-state index is 0.172. The first-order valence-electron chi connectivity index (χ1n) is 6.40. The lowest BCUT2D eigenvalue weighted by Gasteiger charge is -2.16. The normalized spacial score (nSPS) is 27.1. The standard InChI is InChI=1S/C14H22O/c1-2-6-12-9-13(10-14(12)15)11-7-4-3-5-8-11/h9,14-15H,2-8,10H2,1H3. The average molecular weight is 206 g/mol. The van der Waals surface area contributed by atoms with Gasteiger partial charge in [0.2, 0.25) is 0 Å². The van der Waals surface area contributed by atoms with Crippen molar-refractivity contribution < 1.29 is 5.11 Å². The van der Waals surface area contributed by atoms with Gasteiger partial charge in [-0.3, -0.25) is 0 Å². The van der Waals surface area contributed by atoms with Crippen LogP contribution in [0.1, 0.15) is 58.3 Å². The molecule has 1 atom stereocenters. The van der Waals surface area contributed by atoms with Crippen molar-refractivity contribution in [2.75, 3.05) is 0 Å². The molecule has 0 aromatic rings. The third-order valence-corrected chi connectivity index (χ3v) is 3.65. The maximum Gasteiger partial charge on any atom is 0.0793 e. The zero-order valence-electron chi connectivity index (χ0n) is 9.76. The van der Waals surface area contributed by atoms with Crippen molar-refractivity contribution in [3.8, 4) is 0 Å². The lowest BCUT2D eigenvalue weighted by Crippen LogP contribution is -2.05. The fourth-order valence-corrected chi connectivity index (χ4v) is 2.79. The second kappa shape index (κ2) is 4.98. The van der Waals surface area contributed by atoms with Crippen molar-refractivity contribution in [2.45, 2.75) is 64.4 Å². The third kappa shape index (κ3) is 2.52. The molecule has 2 aliphatic rings. The third-order valence-electron chi connectivity index (χ3n) is 3.65. The van der Waals surface area contributed by atoms with Crippen LogP contribution < -0.4 is 0 Å². The van der Waals surface area contributed by atoms with E-state index in [1.165, 1.54) is 43.3 Å². The second-order valence-corrected chi connectivity index (χ2v) is 4.88. The van der Waals surface area contributed by atoms with Crippen LogP contribution in [-0.2, 0) is 0 Å². The molecule has 84 valence electrons. The van der Waals surface area contributed by atoms with Crippen LogP contribution in [0.2, 0.25) is 0 Å². The van der Waals surface area contributed by atoms with Gasteiger partial charge in [0.15, 0.2) is 0 Å². The van der Waals surface area contributed by atoms with E-state index in [9.17, 15) is 5.11 Å². The summed E-state index contributed by atoms with van der Waals surface area (Å²) < 4.78 is 0. The number of aliphatic hydroxyl groups is 1. The van der Waals surface area contributed by atoms with Gasteiger partial charge in [-0.1, -0.05) is 31.4 Å². The van der Waals surface area contributed by atoms with Crippen molar-refractivity contribution in [1.82, 2.24) is 0 Å². The molecule has 15 heavy (non-hydrogen) atoms. The predicted octanol–water partition coefficient (Wildman–Crippen LogP) is 3.74. The first-order valence-corrected chi connectivity index (χ1v) is 6.40. The number of hydrogen-bond donors (Lipinski definition) is 1. The zero-order chi connectivity index (χ0) is 10.7. The molecule has 0 aromatic carbocycles. The molecule has 1 unspecified atom stereocenters. The summed E-state index contributed by atoms with van der Waals surface area (Å²) in [6.07, 6.45) is 11.9. The van der Waals surface area contributed by atoms with Crippen molar-refractivity contribution in [3.63, 3.8) is 0 Å². The highest BCUT2D eigenvalue weighted by atomic mass is 16.3. The van der Waals surface area contributed by atoms with Gasteiger partial charge in [-0.05, 0) is 43.3 Å². The quantitative estimate of drug-likeness (QED) is 0.729. The van der Waals surface area contributed by atoms with Gasteiger partial charge in [0, 0.05) is 6.42 Å². The largest absolute Gasteiger partial charge is 0.388 e. The van der Waals surface area contributed by atoms with E-state index >= 15 is 0 Å². The Hall–Kier alpha value is -0.560. The van der Waals surface area contributed by atoms with Crippen molar-refractivity contribution in [2.24, 2.45) is 0 Å². The van der Waals surface area contributed by atoms with Gasteiger partial charge >= 0.3 is 0 Å². The Labute approximate surface area is 92.9 Å². The Bertz CT molecular complexity index is 278. The zero-order valence-corrected chi connectivity index (χ0v) is 9.76. The van der Waals surface area contributed by atoms with Crippen molar-refractivity contribution in [3.05, 3.63) is 22.8 Å². The summed E-state index contributed by atoms with van der Waals surface area (Å²) >= 11 is 0. The predicted molar refractivity (Wildman–Crippen MR) is 63.7 cm³/mol. The van der Waals surface area contributed by atoms with Crippen LogP contribution in [0.25, 0.3) is 0 Å². The van der Waals surface area contributed by atoms with Crippen molar-refractivity contribution in [1.29, 1.82) is 0 Å². The molecular weight excluding hydrogens is 184 g/mol. The molecule has 1 N–H and O–H groups in total. The number of allylic oxidation sites excluding steroid dienone is 2. The molecule has 1 fully saturated rings. The molecule has 1 heteroatoms. The molecule has 0 saturated heterocycles. The van der Waals surface area contributed by atoms with Crippen LogP contribution >= 0.6 is 0 Å². The van der Waals surface area contributed by atoms with Gasteiger partial charge < -0.3 is 5.11 Å². The fourth-order valence-electron chi connectivity index (χ4n) is 2.79. The summed E-state index contributed by atoms with van der Waals surface area (Å²) in [6, 6.07) is 0. The van der Waals surface area contributed by atoms with E-state index in [2.05, 4.69) is 13.0 Å². The van der Waals surface area contributed by atoms with Gasteiger partial charge in [-0.25, -0.2) is 0 Å². The maximum absolute atomic E-state index is 9.92. The van der Waals surface area contributed by atoms with Gasteiger partial charge in [0.25, 0.3) is 0 Å². The molecule has 0 bridgehead atoms. The van der Waals surface area contributed by atoms with Gasteiger partial charge in [0.1, 0.15) is 0 Å². The van der Waals surface area contributed by atoms with Crippen LogP contribution in [0.5, 0.6) is 0 Å². The molecule has 0 aliphatic heterocycles. The Morgan fingerprint density at radius 1 is 1.27 bits per heavy atom. The van der Waals surface area contributed by atoms with Gasteiger partial charge in [-0.15, -0.1) is 0 Å². The van der Waals surface area contributed by atoms with E-state index in [0.717, 1.165) is 19.3 Å². The summed E-state index contributed by atoms with van der Waals surface area (Å²) in [5, 5.41) is 9.92. The van der Waals surface area contributed by atoms with Crippen LogP contribution in [0.15, 0.2) is 22.8 Å². The fraction of sp³-hybridized carbons (Fsp3) is 0.714. The molecule has 0 heterocycles. The number of rotatable bonds is 2. The van der Waals surface area contributed by atoms with Gasteiger partial charge in [-0.2, -0.15) is 0 Å². The molecule has 0 radical (unpaired) electrons. The Morgan fingerprint density at radius 3 is 2.67 bits per heavy atom. The Kier molecular flexibility index (Phi) is 3.63. The lowest BCUT2D eigenvalue weighted by molar-refractivity contribution is 0.214. The van der Waals surface area contributed by atoms with Crippen LogP contribution in [0.4, 0.5) is 0 Å². The highest BCUT2D eigenvalue weighted by Crippen LogP contribution is 2.34. The molecular formula is C14H22O. The summed E-state index contributed by atoms with van der Waals surface area (Å²) in [7, 11) is 0. The van der Waals surface area contributed by atoms with E-state index in [1.54, 1.807) is 5.57 Å². The smallest absolute Gasteiger partial charge is 0.0793 e. The van der Waals surface area contributed by atoms with E-state index in [-0.39, 0.29) is 6.10 Å². The minimum Gasteiger partial charge on any atom is -0.388 e. The van der Waals surface area contributed by atoms with E-state index in [1.807, 2.05) is 0 Å². The van der Waals surface area contributed by atoms with E-state index in [0.29, 0.717) is 0 Å². The molecule has 1 saturated carbocycles. The minimum atomic E-state index is -0.172. The molecule has 0 amide bonds. The summed E-state index contributed by atoms with van der Waals surface area (Å²) in [5.41, 5.74) is 4.36. The van der Waals surface area contributed by atoms with Crippen LogP contribution in [0.3, 0.4) is 0 Å². The van der Waals surface area contributed by atoms with E-state index in [4.69, 9.17) is 0 Å². The SMILES string of the molecule is CCCC1=CC(=C2CCCCC2)CC1O. The molecule has 2 aliphatic carbocycles. The molecule has 2 rings (SSSR count). The molecule has 0 aromatic heterocycles. The Balaban J connectivity index is 2.11. The van der Waals surface area contributed by atoms with Crippen LogP contribution in [-0.4, -0.2) is 11.2 Å². The number of hydrogen-bond acceptors (Lipinski definition) is 1. The highest BCUT2D eigenvalue weighted by Gasteiger charge is 2.22. The topological polar surface area (TPSA) is 20.2 Å². The lowest BCUT2D eigenvalue weighted by atomic mass is 9.91. The van der Waals surface area contributed by atoms with Gasteiger partial charge in [0.05, 0.1) is 6.10 Å². The van der Waals surface area contributed by atoms with Crippen molar-refractivity contribution >= 4 is 0 Å². The summed E-state index contributed by atoms with van der Waals surface area (Å²) in [5.74, 6) is 0. The van der Waals surface area contributed by atoms with Crippen LogP contribution in [0, 0.1) is 0 Å². The summed E-state index contributed by atoms with van der Waals surface area (Å²) in [6.45, 7) is 2.18. The average Bonchev–Trinajstić information content (AvgIpc) is 2.63. The maximum atomic E-state index is 9.92. The Morgan fingerprint density at radius 2 is 2.00 bits per heavy atom. The molecule has 1 nitrogen and oxygen atoms in total. The first-order chi connectivity index (χ1) is 7.31. The summed E-state index contributed by atoms with van der Waals surface area (Å²) in [4.78, 5) is 0.